The molecule has 0 aliphatic heterocycles. The van der Waals surface area contributed by atoms with Crippen molar-refractivity contribution in [1.29, 1.82) is 0 Å². The van der Waals surface area contributed by atoms with E-state index in [1.54, 1.807) is 12.1 Å². The van der Waals surface area contributed by atoms with E-state index in [0.717, 1.165) is 17.9 Å². The number of nitrogens with zero attached hydrogens (tertiary/aromatic N) is 1. The molecular weight excluding hydrogens is 380 g/mol. The highest BCUT2D eigenvalue weighted by Crippen LogP contribution is 2.13. The molecule has 1 amide bonds. The molecule has 0 saturated heterocycles. The van der Waals surface area contributed by atoms with Gasteiger partial charge in [0, 0.05) is 12.2 Å². The number of para-hydroxylation sites is 1. The van der Waals surface area contributed by atoms with Crippen molar-refractivity contribution in [3.8, 4) is 5.75 Å². The molecule has 0 radical (unpaired) electrons. The van der Waals surface area contributed by atoms with Crippen LogP contribution >= 0.6 is 0 Å². The van der Waals surface area contributed by atoms with Crippen molar-refractivity contribution >= 4 is 17.6 Å². The topological polar surface area (TPSA) is 87.9 Å². The molecule has 0 aliphatic carbocycles. The van der Waals surface area contributed by atoms with Gasteiger partial charge in [-0.2, -0.15) is 0 Å². The molecule has 0 fully saturated rings. The summed E-state index contributed by atoms with van der Waals surface area (Å²) < 4.78 is 10.8. The Hall–Kier alpha value is -3.74. The number of carbonyl (C=O) groups is 1. The fourth-order valence-electron chi connectivity index (χ4n) is 2.72. The monoisotopic (exact) mass is 406 g/mol. The van der Waals surface area contributed by atoms with Gasteiger partial charge in [0.1, 0.15) is 12.4 Å². The highest BCUT2D eigenvalue weighted by molar-refractivity contribution is 6.02. The van der Waals surface area contributed by atoms with Crippen LogP contribution < -0.4 is 20.7 Å². The van der Waals surface area contributed by atoms with E-state index in [1.165, 1.54) is 6.26 Å². The van der Waals surface area contributed by atoms with Crippen molar-refractivity contribution in [2.24, 2.45) is 4.99 Å². The molecule has 0 aliphatic rings. The highest BCUT2D eigenvalue weighted by atomic mass is 16.5. The number of benzene rings is 2. The zero-order chi connectivity index (χ0) is 21.0. The molecule has 0 saturated carbocycles. The summed E-state index contributed by atoms with van der Waals surface area (Å²) in [5, 5.41) is 9.30. The molecule has 0 spiro atoms. The molecule has 7 nitrogen and oxygen atoms in total. The zero-order valence-corrected chi connectivity index (χ0v) is 16.9. The first-order chi connectivity index (χ1) is 14.7. The Labute approximate surface area is 176 Å². The molecule has 0 unspecified atom stereocenters. The van der Waals surface area contributed by atoms with E-state index in [0.29, 0.717) is 31.3 Å². The van der Waals surface area contributed by atoms with Gasteiger partial charge in [-0.25, -0.2) is 4.99 Å². The lowest BCUT2D eigenvalue weighted by Crippen LogP contribution is -2.39. The largest absolute Gasteiger partial charge is 0.492 e. The summed E-state index contributed by atoms with van der Waals surface area (Å²) in [6.45, 7) is 4.40. The number of furan rings is 1. The molecule has 0 bridgehead atoms. The minimum Gasteiger partial charge on any atom is -0.492 e. The number of rotatable bonds is 9. The molecule has 30 heavy (non-hydrogen) atoms. The van der Waals surface area contributed by atoms with Gasteiger partial charge in [-0.05, 0) is 48.9 Å². The fraction of sp³-hybridized carbons (Fsp3) is 0.217. The zero-order valence-electron chi connectivity index (χ0n) is 16.9. The van der Waals surface area contributed by atoms with Crippen LogP contribution in [-0.4, -0.2) is 31.6 Å². The van der Waals surface area contributed by atoms with E-state index in [2.05, 4.69) is 20.9 Å². The molecule has 3 rings (SSSR count). The second-order valence-corrected chi connectivity index (χ2v) is 6.42. The smallest absolute Gasteiger partial charge is 0.291 e. The van der Waals surface area contributed by atoms with Gasteiger partial charge in [-0.15, -0.1) is 0 Å². The Bertz CT molecular complexity index is 940. The third-order valence-electron chi connectivity index (χ3n) is 4.10. The lowest BCUT2D eigenvalue weighted by atomic mass is 10.2. The quantitative estimate of drug-likeness (QED) is 0.287. The molecule has 2 aromatic carbocycles. The van der Waals surface area contributed by atoms with Crippen LogP contribution in [0.1, 0.15) is 23.0 Å². The summed E-state index contributed by atoms with van der Waals surface area (Å²) in [7, 11) is 0. The van der Waals surface area contributed by atoms with Crippen LogP contribution in [0.25, 0.3) is 0 Å². The van der Waals surface area contributed by atoms with Gasteiger partial charge in [0.2, 0.25) is 0 Å². The third-order valence-corrected chi connectivity index (χ3v) is 4.10. The van der Waals surface area contributed by atoms with Crippen LogP contribution in [0.3, 0.4) is 0 Å². The lowest BCUT2D eigenvalue weighted by Gasteiger charge is -2.12. The van der Waals surface area contributed by atoms with Gasteiger partial charge in [0.05, 0.1) is 19.4 Å². The second-order valence-electron chi connectivity index (χ2n) is 6.42. The van der Waals surface area contributed by atoms with Gasteiger partial charge in [0.25, 0.3) is 5.91 Å². The predicted molar refractivity (Wildman–Crippen MR) is 118 cm³/mol. The Morgan fingerprint density at radius 2 is 1.90 bits per heavy atom. The normalized spacial score (nSPS) is 11.0. The van der Waals surface area contributed by atoms with E-state index in [4.69, 9.17) is 9.15 Å². The van der Waals surface area contributed by atoms with Gasteiger partial charge in [-0.1, -0.05) is 30.3 Å². The molecule has 3 N–H and O–H groups in total. The Morgan fingerprint density at radius 3 is 2.67 bits per heavy atom. The maximum atomic E-state index is 12.1. The van der Waals surface area contributed by atoms with Crippen molar-refractivity contribution in [2.75, 3.05) is 25.0 Å². The number of guanidine groups is 1. The van der Waals surface area contributed by atoms with Crippen molar-refractivity contribution in [1.82, 2.24) is 10.6 Å². The number of carbonyl (C=O) groups excluding carboxylic acids is 1. The Morgan fingerprint density at radius 1 is 1.03 bits per heavy atom. The van der Waals surface area contributed by atoms with Crippen LogP contribution in [0.2, 0.25) is 0 Å². The molecule has 0 atom stereocenters. The van der Waals surface area contributed by atoms with Crippen molar-refractivity contribution in [2.45, 2.75) is 13.5 Å². The first kappa shape index (κ1) is 21.0. The average Bonchev–Trinajstić information content (AvgIpc) is 3.31. The van der Waals surface area contributed by atoms with Crippen molar-refractivity contribution in [3.05, 3.63) is 84.3 Å². The van der Waals surface area contributed by atoms with E-state index in [-0.39, 0.29) is 11.7 Å². The number of anilines is 1. The number of ether oxygens (including phenoxy) is 1. The molecule has 7 heteroatoms. The molecule has 156 valence electrons. The minimum atomic E-state index is -0.283. The first-order valence-corrected chi connectivity index (χ1v) is 9.88. The standard InChI is InChI=1S/C23H26N4O3/c1-2-24-23(25-13-15-29-20-10-4-3-5-11-20)26-17-18-8-6-9-19(16-18)27-22(28)21-12-7-14-30-21/h3-12,14,16H,2,13,15,17H2,1H3,(H,27,28)(H2,24,25,26). The van der Waals surface area contributed by atoms with E-state index < -0.39 is 0 Å². The Kier molecular flexibility index (Phi) is 7.91. The maximum Gasteiger partial charge on any atom is 0.291 e. The number of hydrogen-bond acceptors (Lipinski definition) is 4. The van der Waals surface area contributed by atoms with Crippen molar-refractivity contribution < 1.29 is 13.9 Å². The molecular formula is C23H26N4O3. The van der Waals surface area contributed by atoms with Crippen LogP contribution in [0.15, 0.2) is 82.4 Å². The van der Waals surface area contributed by atoms with Crippen molar-refractivity contribution in [3.63, 3.8) is 0 Å². The molecule has 1 aromatic heterocycles. The summed E-state index contributed by atoms with van der Waals surface area (Å²) >= 11 is 0. The second kappa shape index (κ2) is 11.3. The third kappa shape index (κ3) is 6.70. The van der Waals surface area contributed by atoms with E-state index in [1.807, 2.05) is 61.5 Å². The fourth-order valence-corrected chi connectivity index (χ4v) is 2.72. The maximum absolute atomic E-state index is 12.1. The van der Waals surface area contributed by atoms with Gasteiger partial charge in [0.15, 0.2) is 11.7 Å². The number of nitrogens with one attached hydrogen (secondary N) is 3. The summed E-state index contributed by atoms with van der Waals surface area (Å²) in [6.07, 6.45) is 1.47. The summed E-state index contributed by atoms with van der Waals surface area (Å²) in [6, 6.07) is 20.6. The minimum absolute atomic E-state index is 0.273. The molecule has 1 heterocycles. The SMILES string of the molecule is CCNC(=NCc1cccc(NC(=O)c2ccco2)c1)NCCOc1ccccc1. The van der Waals surface area contributed by atoms with E-state index in [9.17, 15) is 4.79 Å². The first-order valence-electron chi connectivity index (χ1n) is 9.88. The van der Waals surface area contributed by atoms with Crippen LogP contribution in [0, 0.1) is 0 Å². The summed E-state index contributed by atoms with van der Waals surface area (Å²) in [5.41, 5.74) is 1.67. The van der Waals surface area contributed by atoms with Gasteiger partial charge >= 0.3 is 0 Å². The van der Waals surface area contributed by atoms with Gasteiger partial charge in [-0.3, -0.25) is 4.79 Å². The average molecular weight is 406 g/mol. The number of hydrogen-bond donors (Lipinski definition) is 3. The van der Waals surface area contributed by atoms with Crippen LogP contribution in [-0.2, 0) is 6.54 Å². The number of amides is 1. The lowest BCUT2D eigenvalue weighted by molar-refractivity contribution is 0.0996. The molecule has 3 aromatic rings. The highest BCUT2D eigenvalue weighted by Gasteiger charge is 2.08. The number of aliphatic imine (C=N–C) groups is 1. The van der Waals surface area contributed by atoms with Crippen LogP contribution in [0.5, 0.6) is 5.75 Å². The van der Waals surface area contributed by atoms with Gasteiger partial charge < -0.3 is 25.1 Å². The summed E-state index contributed by atoms with van der Waals surface area (Å²) in [5.74, 6) is 1.54. The summed E-state index contributed by atoms with van der Waals surface area (Å²) in [4.78, 5) is 16.7. The van der Waals surface area contributed by atoms with Crippen LogP contribution in [0.4, 0.5) is 5.69 Å². The van der Waals surface area contributed by atoms with E-state index >= 15 is 0 Å². The predicted octanol–water partition coefficient (Wildman–Crippen LogP) is 3.67. The Balaban J connectivity index is 1.51.